The Bertz CT molecular complexity index is 969. The number of aryl methyl sites for hydroxylation is 1. The van der Waals surface area contributed by atoms with E-state index >= 15 is 0 Å². The highest BCUT2D eigenvalue weighted by molar-refractivity contribution is 5.92. The first kappa shape index (κ1) is 17.4. The highest BCUT2D eigenvalue weighted by Gasteiger charge is 2.25. The van der Waals surface area contributed by atoms with Gasteiger partial charge in [0.25, 0.3) is 5.91 Å². The van der Waals surface area contributed by atoms with Gasteiger partial charge in [-0.3, -0.25) is 4.79 Å². The Hall–Kier alpha value is -3.02. The molecule has 0 unspecified atom stereocenters. The van der Waals surface area contributed by atoms with Crippen LogP contribution in [0.15, 0.2) is 54.7 Å². The molecule has 2 heterocycles. The number of hydrogen-bond donors (Lipinski definition) is 1. The minimum Gasteiger partial charge on any atom is -0.347 e. The van der Waals surface area contributed by atoms with Crippen LogP contribution in [0.4, 0.5) is 8.78 Å². The third kappa shape index (κ3) is 3.74. The number of fused-ring (bicyclic) bond motifs is 1. The van der Waals surface area contributed by atoms with Crippen LogP contribution in [-0.2, 0) is 19.5 Å². The Balaban J connectivity index is 1.47. The van der Waals surface area contributed by atoms with E-state index in [2.05, 4.69) is 10.3 Å². The van der Waals surface area contributed by atoms with Gasteiger partial charge in [0.15, 0.2) is 0 Å². The molecule has 4 nitrogen and oxygen atoms in total. The number of nitrogens with zero attached hydrogens (tertiary/aromatic N) is 2. The molecular weight excluding hydrogens is 348 g/mol. The van der Waals surface area contributed by atoms with E-state index in [1.165, 1.54) is 6.07 Å². The summed E-state index contributed by atoms with van der Waals surface area (Å²) in [5, 5.41) is 2.86. The van der Waals surface area contributed by atoms with Crippen molar-refractivity contribution in [2.75, 3.05) is 0 Å². The summed E-state index contributed by atoms with van der Waals surface area (Å²) in [5.41, 5.74) is 1.74. The normalized spacial score (nSPS) is 16.0. The van der Waals surface area contributed by atoms with Crippen LogP contribution in [0.2, 0.25) is 0 Å². The van der Waals surface area contributed by atoms with Crippen LogP contribution in [0.3, 0.4) is 0 Å². The highest BCUT2D eigenvalue weighted by Crippen LogP contribution is 2.30. The molecule has 0 saturated carbocycles. The largest absolute Gasteiger partial charge is 0.347 e. The quantitative estimate of drug-likeness (QED) is 0.762. The molecule has 6 heteroatoms. The van der Waals surface area contributed by atoms with Gasteiger partial charge in [-0.15, -0.1) is 0 Å². The molecule has 1 aromatic heterocycles. The Morgan fingerprint density at radius 3 is 2.81 bits per heavy atom. The Kier molecular flexibility index (Phi) is 4.71. The summed E-state index contributed by atoms with van der Waals surface area (Å²) in [4.78, 5) is 16.8. The van der Waals surface area contributed by atoms with Gasteiger partial charge >= 0.3 is 0 Å². The second kappa shape index (κ2) is 7.31. The van der Waals surface area contributed by atoms with Crippen molar-refractivity contribution in [2.24, 2.45) is 0 Å². The maximum atomic E-state index is 14.1. The molecule has 4 rings (SSSR count). The molecule has 1 atom stereocenters. The average molecular weight is 367 g/mol. The number of amides is 1. The van der Waals surface area contributed by atoms with Gasteiger partial charge in [-0.25, -0.2) is 13.8 Å². The summed E-state index contributed by atoms with van der Waals surface area (Å²) >= 11 is 0. The van der Waals surface area contributed by atoms with Gasteiger partial charge in [0.2, 0.25) is 0 Å². The van der Waals surface area contributed by atoms with E-state index in [0.29, 0.717) is 37.2 Å². The maximum absolute atomic E-state index is 14.1. The summed E-state index contributed by atoms with van der Waals surface area (Å²) in [6, 6.07) is 13.2. The molecular formula is C21H19F2N3O. The first-order valence-corrected chi connectivity index (χ1v) is 8.93. The number of benzene rings is 2. The first-order valence-electron chi connectivity index (χ1n) is 8.93. The zero-order chi connectivity index (χ0) is 18.8. The van der Waals surface area contributed by atoms with Crippen LogP contribution < -0.4 is 5.32 Å². The molecule has 2 aromatic carbocycles. The lowest BCUT2D eigenvalue weighted by Crippen LogP contribution is -2.23. The molecule has 1 N–H and O–H groups in total. The van der Waals surface area contributed by atoms with Crippen LogP contribution >= 0.6 is 0 Å². The highest BCUT2D eigenvalue weighted by atomic mass is 19.1. The zero-order valence-corrected chi connectivity index (χ0v) is 14.7. The van der Waals surface area contributed by atoms with E-state index < -0.39 is 11.6 Å². The van der Waals surface area contributed by atoms with Crippen molar-refractivity contribution >= 4 is 5.91 Å². The van der Waals surface area contributed by atoms with Crippen molar-refractivity contribution in [3.63, 3.8) is 0 Å². The van der Waals surface area contributed by atoms with Gasteiger partial charge in [-0.1, -0.05) is 30.3 Å². The molecule has 0 fully saturated rings. The SMILES string of the molecule is O=C(NCc1ccccc1)c1cn2c(n1)CC[C@@H](c1cc(F)ccc1F)C2. The molecule has 1 aliphatic rings. The number of hydrogen-bond acceptors (Lipinski definition) is 2. The number of nitrogens with one attached hydrogen (secondary N) is 1. The number of rotatable bonds is 4. The lowest BCUT2D eigenvalue weighted by molar-refractivity contribution is 0.0946. The van der Waals surface area contributed by atoms with Gasteiger partial charge < -0.3 is 9.88 Å². The van der Waals surface area contributed by atoms with Crippen LogP contribution in [0, 0.1) is 11.6 Å². The molecule has 0 spiro atoms. The minimum atomic E-state index is -0.441. The van der Waals surface area contributed by atoms with Crippen LogP contribution in [-0.4, -0.2) is 15.5 Å². The second-order valence-corrected chi connectivity index (χ2v) is 6.76. The van der Waals surface area contributed by atoms with E-state index in [0.717, 1.165) is 23.5 Å². The smallest absolute Gasteiger partial charge is 0.271 e. The van der Waals surface area contributed by atoms with Crippen LogP contribution in [0.5, 0.6) is 0 Å². The predicted molar refractivity (Wildman–Crippen MR) is 97.3 cm³/mol. The van der Waals surface area contributed by atoms with E-state index in [4.69, 9.17) is 0 Å². The van der Waals surface area contributed by atoms with Gasteiger partial charge in [0.05, 0.1) is 0 Å². The van der Waals surface area contributed by atoms with Crippen molar-refractivity contribution in [2.45, 2.75) is 31.8 Å². The molecule has 0 saturated heterocycles. The first-order chi connectivity index (χ1) is 13.1. The van der Waals surface area contributed by atoms with Crippen molar-refractivity contribution in [1.29, 1.82) is 0 Å². The van der Waals surface area contributed by atoms with Gasteiger partial charge in [-0.2, -0.15) is 0 Å². The van der Waals surface area contributed by atoms with Gasteiger partial charge in [0, 0.05) is 31.6 Å². The lowest BCUT2D eigenvalue weighted by Gasteiger charge is -2.24. The maximum Gasteiger partial charge on any atom is 0.271 e. The van der Waals surface area contributed by atoms with Gasteiger partial charge in [-0.05, 0) is 35.7 Å². The molecule has 3 aromatic rings. The Morgan fingerprint density at radius 1 is 1.19 bits per heavy atom. The monoisotopic (exact) mass is 367 g/mol. The summed E-state index contributed by atoms with van der Waals surface area (Å²) in [5.74, 6) is -0.417. The minimum absolute atomic E-state index is 0.136. The Labute approximate surface area is 155 Å². The molecule has 0 aliphatic carbocycles. The summed E-state index contributed by atoms with van der Waals surface area (Å²) in [6.07, 6.45) is 2.98. The number of imidazole rings is 1. The molecule has 0 bridgehead atoms. The number of aromatic nitrogens is 2. The van der Waals surface area contributed by atoms with Crippen molar-refractivity contribution in [3.05, 3.63) is 89.0 Å². The average Bonchev–Trinajstić information content (AvgIpc) is 3.12. The molecule has 1 amide bonds. The fourth-order valence-electron chi connectivity index (χ4n) is 3.50. The van der Waals surface area contributed by atoms with Crippen LogP contribution in [0.1, 0.15) is 39.8 Å². The van der Waals surface area contributed by atoms with E-state index in [1.807, 2.05) is 34.9 Å². The fraction of sp³-hybridized carbons (Fsp3) is 0.238. The third-order valence-electron chi connectivity index (χ3n) is 4.92. The predicted octanol–water partition coefficient (Wildman–Crippen LogP) is 3.82. The van der Waals surface area contributed by atoms with Crippen molar-refractivity contribution in [1.82, 2.24) is 14.9 Å². The fourth-order valence-corrected chi connectivity index (χ4v) is 3.50. The van der Waals surface area contributed by atoms with Crippen LogP contribution in [0.25, 0.3) is 0 Å². The molecule has 1 aliphatic heterocycles. The third-order valence-corrected chi connectivity index (χ3v) is 4.92. The molecule has 0 radical (unpaired) electrons. The van der Waals surface area contributed by atoms with E-state index in [9.17, 15) is 13.6 Å². The number of carbonyl (C=O) groups excluding carboxylic acids is 1. The lowest BCUT2D eigenvalue weighted by atomic mass is 9.91. The summed E-state index contributed by atoms with van der Waals surface area (Å²) < 4.78 is 29.4. The molecule has 138 valence electrons. The standard InChI is InChI=1S/C21H19F2N3O/c22-16-7-8-18(23)17(10-16)15-6-9-20-25-19(13-26(20)12-15)21(27)24-11-14-4-2-1-3-5-14/h1-5,7-8,10,13,15H,6,9,11-12H2,(H,24,27)/t15-/m1/s1. The van der Waals surface area contributed by atoms with E-state index in [-0.39, 0.29) is 11.8 Å². The number of carbonyl (C=O) groups is 1. The molecule has 27 heavy (non-hydrogen) atoms. The Morgan fingerprint density at radius 2 is 2.00 bits per heavy atom. The topological polar surface area (TPSA) is 46.9 Å². The zero-order valence-electron chi connectivity index (χ0n) is 14.7. The van der Waals surface area contributed by atoms with E-state index in [1.54, 1.807) is 6.20 Å². The number of halogens is 2. The van der Waals surface area contributed by atoms with Gasteiger partial charge in [0.1, 0.15) is 23.2 Å². The second-order valence-electron chi connectivity index (χ2n) is 6.76. The van der Waals surface area contributed by atoms with Crippen molar-refractivity contribution in [3.8, 4) is 0 Å². The van der Waals surface area contributed by atoms with Crippen molar-refractivity contribution < 1.29 is 13.6 Å². The summed E-state index contributed by atoms with van der Waals surface area (Å²) in [7, 11) is 0. The summed E-state index contributed by atoms with van der Waals surface area (Å²) in [6.45, 7) is 0.910.